The monoisotopic (exact) mass is 319 g/mol. The van der Waals surface area contributed by atoms with Crippen LogP contribution >= 0.6 is 0 Å². The lowest BCUT2D eigenvalue weighted by atomic mass is 9.99. The quantitative estimate of drug-likeness (QED) is 0.279. The lowest BCUT2D eigenvalue weighted by Gasteiger charge is -2.11. The van der Waals surface area contributed by atoms with Gasteiger partial charge in [0.1, 0.15) is 0 Å². The van der Waals surface area contributed by atoms with Gasteiger partial charge in [0.2, 0.25) is 0 Å². The average molecular weight is 319 g/mol. The number of aromatic nitrogens is 3. The van der Waals surface area contributed by atoms with Gasteiger partial charge in [0.15, 0.2) is 0 Å². The van der Waals surface area contributed by atoms with E-state index in [1.165, 1.54) is 32.3 Å². The number of benzene rings is 3. The SMILES string of the molecule is c1ccc2cc3c(ccc4c5cccnc5c5ccnn5c34)cc2c1. The van der Waals surface area contributed by atoms with Gasteiger partial charge in [-0.25, -0.2) is 4.52 Å². The van der Waals surface area contributed by atoms with E-state index in [9.17, 15) is 0 Å². The Morgan fingerprint density at radius 1 is 0.640 bits per heavy atom. The van der Waals surface area contributed by atoms with Gasteiger partial charge in [-0.3, -0.25) is 4.98 Å². The Hall–Kier alpha value is -3.46. The molecule has 6 aromatic rings. The van der Waals surface area contributed by atoms with Gasteiger partial charge in [-0.15, -0.1) is 0 Å². The Kier molecular flexibility index (Phi) is 2.35. The number of pyridine rings is 2. The number of fused-ring (bicyclic) bond motifs is 9. The minimum atomic E-state index is 0.993. The molecule has 3 heteroatoms. The smallest absolute Gasteiger partial charge is 0.0966 e. The predicted octanol–water partition coefficient (Wildman–Crippen LogP) is 5.34. The zero-order valence-corrected chi connectivity index (χ0v) is 13.3. The summed E-state index contributed by atoms with van der Waals surface area (Å²) in [5, 5.41) is 11.9. The van der Waals surface area contributed by atoms with Crippen molar-refractivity contribution in [3.05, 3.63) is 79.1 Å². The van der Waals surface area contributed by atoms with Crippen molar-refractivity contribution in [3.63, 3.8) is 0 Å². The summed E-state index contributed by atoms with van der Waals surface area (Å²) in [4.78, 5) is 4.60. The zero-order valence-electron chi connectivity index (χ0n) is 13.3. The molecule has 0 amide bonds. The molecule has 0 saturated carbocycles. The molecule has 6 rings (SSSR count). The summed E-state index contributed by atoms with van der Waals surface area (Å²) in [6.07, 6.45) is 3.69. The lowest BCUT2D eigenvalue weighted by Crippen LogP contribution is -1.95. The van der Waals surface area contributed by atoms with Crippen LogP contribution in [0.5, 0.6) is 0 Å². The van der Waals surface area contributed by atoms with Crippen LogP contribution in [0.25, 0.3) is 48.9 Å². The molecule has 0 aliphatic carbocycles. The van der Waals surface area contributed by atoms with Gasteiger partial charge >= 0.3 is 0 Å². The van der Waals surface area contributed by atoms with Crippen LogP contribution in [0.1, 0.15) is 0 Å². The van der Waals surface area contributed by atoms with Crippen LogP contribution in [-0.2, 0) is 0 Å². The molecule has 0 unspecified atom stereocenters. The Labute approximate surface area is 143 Å². The molecule has 0 fully saturated rings. The molecule has 25 heavy (non-hydrogen) atoms. The third-order valence-electron chi connectivity index (χ3n) is 5.05. The van der Waals surface area contributed by atoms with Gasteiger partial charge in [0, 0.05) is 22.4 Å². The number of nitrogens with zero attached hydrogens (tertiary/aromatic N) is 3. The molecule has 0 bridgehead atoms. The summed E-state index contributed by atoms with van der Waals surface area (Å²) < 4.78 is 2.03. The van der Waals surface area contributed by atoms with Crippen molar-refractivity contribution in [3.8, 4) is 0 Å². The van der Waals surface area contributed by atoms with Gasteiger partial charge in [0.25, 0.3) is 0 Å². The Bertz CT molecular complexity index is 1440. The van der Waals surface area contributed by atoms with E-state index in [2.05, 4.69) is 64.7 Å². The fourth-order valence-corrected chi connectivity index (χ4v) is 3.93. The van der Waals surface area contributed by atoms with E-state index in [0.717, 1.165) is 16.6 Å². The van der Waals surface area contributed by atoms with E-state index < -0.39 is 0 Å². The van der Waals surface area contributed by atoms with Crippen LogP contribution in [0, 0.1) is 0 Å². The first kappa shape index (κ1) is 12.9. The van der Waals surface area contributed by atoms with E-state index in [1.807, 2.05) is 29.0 Å². The first-order chi connectivity index (χ1) is 12.4. The number of hydrogen-bond acceptors (Lipinski definition) is 2. The van der Waals surface area contributed by atoms with Crippen molar-refractivity contribution < 1.29 is 0 Å². The van der Waals surface area contributed by atoms with Crippen molar-refractivity contribution in [1.29, 1.82) is 0 Å². The predicted molar refractivity (Wildman–Crippen MR) is 103 cm³/mol. The fraction of sp³-hybridized carbons (Fsp3) is 0. The number of hydrogen-bond donors (Lipinski definition) is 0. The second-order valence-electron chi connectivity index (χ2n) is 6.41. The largest absolute Gasteiger partial charge is 0.254 e. The number of rotatable bonds is 0. The minimum Gasteiger partial charge on any atom is -0.254 e. The van der Waals surface area contributed by atoms with E-state index >= 15 is 0 Å². The topological polar surface area (TPSA) is 30.2 Å². The summed E-state index contributed by atoms with van der Waals surface area (Å²) in [6, 6.07) is 23.6. The molecule has 0 saturated heterocycles. The highest BCUT2D eigenvalue weighted by Gasteiger charge is 2.12. The second kappa shape index (κ2) is 4.54. The molecule has 3 aromatic carbocycles. The molecule has 3 aromatic heterocycles. The highest BCUT2D eigenvalue weighted by molar-refractivity contribution is 6.19. The van der Waals surface area contributed by atoms with Gasteiger partial charge in [-0.1, -0.05) is 42.5 Å². The Morgan fingerprint density at radius 3 is 2.44 bits per heavy atom. The third kappa shape index (κ3) is 1.64. The Morgan fingerprint density at radius 2 is 1.52 bits per heavy atom. The summed E-state index contributed by atoms with van der Waals surface area (Å²) in [5.74, 6) is 0. The van der Waals surface area contributed by atoms with E-state index in [-0.39, 0.29) is 0 Å². The minimum absolute atomic E-state index is 0.993. The lowest BCUT2D eigenvalue weighted by molar-refractivity contribution is 1.01. The molecule has 116 valence electrons. The van der Waals surface area contributed by atoms with Crippen molar-refractivity contribution in [2.45, 2.75) is 0 Å². The van der Waals surface area contributed by atoms with Crippen molar-refractivity contribution >= 4 is 48.9 Å². The molecule has 0 aliphatic rings. The third-order valence-corrected chi connectivity index (χ3v) is 5.05. The van der Waals surface area contributed by atoms with Crippen LogP contribution in [0.3, 0.4) is 0 Å². The van der Waals surface area contributed by atoms with Gasteiger partial charge in [-0.2, -0.15) is 5.10 Å². The van der Waals surface area contributed by atoms with Crippen LogP contribution in [0.15, 0.2) is 79.1 Å². The van der Waals surface area contributed by atoms with Crippen molar-refractivity contribution in [2.75, 3.05) is 0 Å². The Balaban J connectivity index is 1.97. The van der Waals surface area contributed by atoms with Gasteiger partial charge < -0.3 is 0 Å². The van der Waals surface area contributed by atoms with Crippen molar-refractivity contribution in [1.82, 2.24) is 14.6 Å². The van der Waals surface area contributed by atoms with E-state index in [4.69, 9.17) is 0 Å². The van der Waals surface area contributed by atoms with Crippen LogP contribution in [-0.4, -0.2) is 14.6 Å². The maximum absolute atomic E-state index is 4.60. The maximum Gasteiger partial charge on any atom is 0.0966 e. The molecule has 0 N–H and O–H groups in total. The average Bonchev–Trinajstić information content (AvgIpc) is 3.16. The first-order valence-corrected chi connectivity index (χ1v) is 8.36. The molecule has 0 spiro atoms. The highest BCUT2D eigenvalue weighted by Crippen LogP contribution is 2.34. The van der Waals surface area contributed by atoms with Crippen LogP contribution < -0.4 is 0 Å². The first-order valence-electron chi connectivity index (χ1n) is 8.36. The van der Waals surface area contributed by atoms with Crippen molar-refractivity contribution in [2.24, 2.45) is 0 Å². The van der Waals surface area contributed by atoms with Gasteiger partial charge in [0.05, 0.1) is 22.7 Å². The molecule has 0 atom stereocenters. The van der Waals surface area contributed by atoms with Crippen LogP contribution in [0.4, 0.5) is 0 Å². The van der Waals surface area contributed by atoms with Crippen LogP contribution in [0.2, 0.25) is 0 Å². The molecule has 0 radical (unpaired) electrons. The van der Waals surface area contributed by atoms with Gasteiger partial charge in [-0.05, 0) is 40.4 Å². The molecular formula is C22H13N3. The maximum atomic E-state index is 4.60. The standard InChI is InChI=1S/C22H13N3/c1-2-5-15-13-19-16(12-14(15)4-1)7-8-18-17-6-3-10-23-21(17)20-9-11-24-25(20)22(18)19/h1-13H. The summed E-state index contributed by atoms with van der Waals surface area (Å²) in [6.45, 7) is 0. The molecule has 3 nitrogen and oxygen atoms in total. The summed E-state index contributed by atoms with van der Waals surface area (Å²) in [7, 11) is 0. The molecular weight excluding hydrogens is 306 g/mol. The molecule has 0 aliphatic heterocycles. The second-order valence-corrected chi connectivity index (χ2v) is 6.41. The fourth-order valence-electron chi connectivity index (χ4n) is 3.93. The zero-order chi connectivity index (χ0) is 16.4. The molecule has 3 heterocycles. The normalized spacial score (nSPS) is 12.0. The summed E-state index contributed by atoms with van der Waals surface area (Å²) >= 11 is 0. The highest BCUT2D eigenvalue weighted by atomic mass is 15.2. The summed E-state index contributed by atoms with van der Waals surface area (Å²) in [5.41, 5.74) is 3.18. The van der Waals surface area contributed by atoms with E-state index in [1.54, 1.807) is 0 Å². The van der Waals surface area contributed by atoms with E-state index in [0.29, 0.717) is 0 Å².